The van der Waals surface area contributed by atoms with Crippen LogP contribution in [0.5, 0.6) is 11.5 Å². The van der Waals surface area contributed by atoms with Crippen molar-refractivity contribution in [3.05, 3.63) is 83.4 Å². The largest absolute Gasteiger partial charge is 0.493 e. The highest BCUT2D eigenvalue weighted by atomic mass is 16.5. The minimum Gasteiger partial charge on any atom is -0.493 e. The van der Waals surface area contributed by atoms with E-state index in [9.17, 15) is 4.79 Å². The topological polar surface area (TPSA) is 74.6 Å². The van der Waals surface area contributed by atoms with E-state index in [0.717, 1.165) is 22.5 Å². The van der Waals surface area contributed by atoms with Gasteiger partial charge in [0.25, 0.3) is 5.91 Å². The monoisotopic (exact) mass is 399 g/mol. The first-order valence-corrected chi connectivity index (χ1v) is 9.56. The van der Waals surface area contributed by atoms with Gasteiger partial charge in [0.15, 0.2) is 18.1 Å². The molecule has 0 aromatic heterocycles. The van der Waals surface area contributed by atoms with Crippen LogP contribution in [-0.2, 0) is 0 Å². The van der Waals surface area contributed by atoms with Gasteiger partial charge in [0.1, 0.15) is 12.2 Å². The van der Waals surface area contributed by atoms with Gasteiger partial charge in [0, 0.05) is 11.4 Å². The second-order valence-electron chi connectivity index (χ2n) is 6.96. The molecule has 6 heteroatoms. The molecule has 0 radical (unpaired) electrons. The van der Waals surface area contributed by atoms with Gasteiger partial charge in [-0.3, -0.25) is 9.69 Å². The number of nitrogens with zero attached hydrogens (tertiary/aromatic N) is 2. The Kier molecular flexibility index (Phi) is 5.27. The zero-order chi connectivity index (χ0) is 21.1. The quantitative estimate of drug-likeness (QED) is 0.674. The second kappa shape index (κ2) is 8.18. The predicted molar refractivity (Wildman–Crippen MR) is 115 cm³/mol. The first-order chi connectivity index (χ1) is 14.6. The number of nitriles is 1. The molecular weight excluding hydrogens is 378 g/mol. The van der Waals surface area contributed by atoms with E-state index >= 15 is 0 Å². The molecule has 4 rings (SSSR count). The van der Waals surface area contributed by atoms with Crippen LogP contribution in [0.25, 0.3) is 0 Å². The number of hydrogen-bond donors (Lipinski definition) is 1. The molecule has 30 heavy (non-hydrogen) atoms. The van der Waals surface area contributed by atoms with E-state index in [0.29, 0.717) is 17.1 Å². The molecule has 1 N–H and O–H groups in total. The molecule has 3 aromatic rings. The fraction of sp³-hybridized carbons (Fsp3) is 0.167. The Hall–Kier alpha value is -3.98. The van der Waals surface area contributed by atoms with E-state index in [1.807, 2.05) is 73.7 Å². The Balaban J connectivity index is 1.81. The molecule has 0 spiro atoms. The number of anilines is 2. The number of amides is 1. The Morgan fingerprint density at radius 1 is 1.07 bits per heavy atom. The van der Waals surface area contributed by atoms with Crippen LogP contribution in [0.4, 0.5) is 11.4 Å². The SMILES string of the molecule is COc1cc([C@H]2Nc3ccccc3C(=O)N2c2cccc(C)c2)ccc1OCC#N. The van der Waals surface area contributed by atoms with E-state index in [2.05, 4.69) is 5.32 Å². The third kappa shape index (κ3) is 3.53. The maximum atomic E-state index is 13.5. The first-order valence-electron chi connectivity index (χ1n) is 9.56. The van der Waals surface area contributed by atoms with Crippen molar-refractivity contribution in [2.45, 2.75) is 13.1 Å². The van der Waals surface area contributed by atoms with Gasteiger partial charge < -0.3 is 14.8 Å². The van der Waals surface area contributed by atoms with Crippen molar-refractivity contribution in [1.82, 2.24) is 0 Å². The molecule has 1 aliphatic heterocycles. The molecule has 1 atom stereocenters. The number of aryl methyl sites for hydroxylation is 1. The number of fused-ring (bicyclic) bond motifs is 1. The lowest BCUT2D eigenvalue weighted by atomic mass is 10.0. The average Bonchev–Trinajstić information content (AvgIpc) is 2.77. The van der Waals surface area contributed by atoms with Gasteiger partial charge in [-0.25, -0.2) is 0 Å². The number of para-hydroxylation sites is 1. The van der Waals surface area contributed by atoms with Gasteiger partial charge in [-0.15, -0.1) is 0 Å². The highest BCUT2D eigenvalue weighted by Gasteiger charge is 2.34. The fourth-order valence-electron chi connectivity index (χ4n) is 3.61. The molecule has 0 saturated carbocycles. The van der Waals surface area contributed by atoms with Crippen molar-refractivity contribution >= 4 is 17.3 Å². The molecule has 0 unspecified atom stereocenters. The molecular formula is C24H21N3O3. The summed E-state index contributed by atoms with van der Waals surface area (Å²) in [6, 6.07) is 22.7. The minimum absolute atomic E-state index is 0.0708. The molecule has 0 aliphatic carbocycles. The van der Waals surface area contributed by atoms with Gasteiger partial charge in [0.05, 0.1) is 12.7 Å². The van der Waals surface area contributed by atoms with E-state index in [1.54, 1.807) is 18.1 Å². The lowest BCUT2D eigenvalue weighted by Gasteiger charge is -2.38. The number of nitrogens with one attached hydrogen (secondary N) is 1. The summed E-state index contributed by atoms with van der Waals surface area (Å²) in [6.45, 7) is 1.93. The van der Waals surface area contributed by atoms with Crippen LogP contribution in [0, 0.1) is 18.3 Å². The number of carbonyl (C=O) groups excluding carboxylic acids is 1. The summed E-state index contributed by atoms with van der Waals surface area (Å²) >= 11 is 0. The smallest absolute Gasteiger partial charge is 0.262 e. The van der Waals surface area contributed by atoms with Crippen molar-refractivity contribution in [3.8, 4) is 17.6 Å². The summed E-state index contributed by atoms with van der Waals surface area (Å²) in [4.78, 5) is 15.2. The van der Waals surface area contributed by atoms with Gasteiger partial charge >= 0.3 is 0 Å². The van der Waals surface area contributed by atoms with Gasteiger partial charge in [-0.2, -0.15) is 5.26 Å². The van der Waals surface area contributed by atoms with Gasteiger partial charge in [0.2, 0.25) is 0 Å². The third-order valence-corrected chi connectivity index (χ3v) is 5.00. The molecule has 0 saturated heterocycles. The zero-order valence-electron chi connectivity index (χ0n) is 16.8. The third-order valence-electron chi connectivity index (χ3n) is 5.00. The number of ether oxygens (including phenoxy) is 2. The van der Waals surface area contributed by atoms with Crippen molar-refractivity contribution < 1.29 is 14.3 Å². The molecule has 0 bridgehead atoms. The van der Waals surface area contributed by atoms with E-state index in [1.165, 1.54) is 0 Å². The van der Waals surface area contributed by atoms with E-state index in [-0.39, 0.29) is 12.5 Å². The Bertz CT molecular complexity index is 1140. The molecule has 6 nitrogen and oxygen atoms in total. The van der Waals surface area contributed by atoms with Crippen LogP contribution in [0.15, 0.2) is 66.7 Å². The first kappa shape index (κ1) is 19.3. The standard InChI is InChI=1S/C24H21N3O3/c1-16-6-5-7-18(14-16)27-23(26-20-9-4-3-8-19(20)24(27)28)17-10-11-21(30-13-12-25)22(15-17)29-2/h3-11,14-15,23,26H,13H2,1-2H3/t23-/m0/s1. The normalized spacial score (nSPS) is 15.0. The summed E-state index contributed by atoms with van der Waals surface area (Å²) in [5, 5.41) is 12.3. The molecule has 1 amide bonds. The number of methoxy groups -OCH3 is 1. The fourth-order valence-corrected chi connectivity index (χ4v) is 3.61. The van der Waals surface area contributed by atoms with Gasteiger partial charge in [-0.1, -0.05) is 30.3 Å². The maximum Gasteiger partial charge on any atom is 0.262 e. The molecule has 1 heterocycles. The van der Waals surface area contributed by atoms with E-state index in [4.69, 9.17) is 14.7 Å². The Morgan fingerprint density at radius 3 is 2.67 bits per heavy atom. The van der Waals surface area contributed by atoms with Crippen molar-refractivity contribution in [3.63, 3.8) is 0 Å². The lowest BCUT2D eigenvalue weighted by molar-refractivity contribution is 0.0975. The highest BCUT2D eigenvalue weighted by Crippen LogP contribution is 2.39. The van der Waals surface area contributed by atoms with Gasteiger partial charge in [-0.05, 0) is 54.4 Å². The van der Waals surface area contributed by atoms with Crippen LogP contribution < -0.4 is 19.7 Å². The summed E-state index contributed by atoms with van der Waals surface area (Å²) in [6.07, 6.45) is -0.437. The summed E-state index contributed by atoms with van der Waals surface area (Å²) in [5.74, 6) is 0.899. The predicted octanol–water partition coefficient (Wildman–Crippen LogP) is 4.68. The van der Waals surface area contributed by atoms with Crippen LogP contribution in [-0.4, -0.2) is 19.6 Å². The maximum absolute atomic E-state index is 13.5. The lowest BCUT2D eigenvalue weighted by Crippen LogP contribution is -2.43. The second-order valence-corrected chi connectivity index (χ2v) is 6.96. The minimum atomic E-state index is -0.437. The average molecular weight is 399 g/mol. The number of rotatable bonds is 5. The molecule has 0 fully saturated rings. The Morgan fingerprint density at radius 2 is 1.90 bits per heavy atom. The molecule has 1 aliphatic rings. The Labute approximate surface area is 175 Å². The number of benzene rings is 3. The number of hydrogen-bond acceptors (Lipinski definition) is 5. The van der Waals surface area contributed by atoms with Crippen LogP contribution in [0.1, 0.15) is 27.7 Å². The van der Waals surface area contributed by atoms with Crippen LogP contribution in [0.3, 0.4) is 0 Å². The summed E-state index contributed by atoms with van der Waals surface area (Å²) in [5.41, 5.74) is 4.10. The summed E-state index contributed by atoms with van der Waals surface area (Å²) < 4.78 is 10.9. The van der Waals surface area contributed by atoms with Crippen LogP contribution in [0.2, 0.25) is 0 Å². The van der Waals surface area contributed by atoms with Crippen LogP contribution >= 0.6 is 0 Å². The van der Waals surface area contributed by atoms with Crippen molar-refractivity contribution in [2.75, 3.05) is 23.9 Å². The molecule has 3 aromatic carbocycles. The molecule has 150 valence electrons. The highest BCUT2D eigenvalue weighted by molar-refractivity contribution is 6.12. The van der Waals surface area contributed by atoms with E-state index < -0.39 is 6.17 Å². The zero-order valence-corrected chi connectivity index (χ0v) is 16.8. The van der Waals surface area contributed by atoms with Crippen molar-refractivity contribution in [2.24, 2.45) is 0 Å². The summed E-state index contributed by atoms with van der Waals surface area (Å²) in [7, 11) is 1.55. The number of carbonyl (C=O) groups is 1. The van der Waals surface area contributed by atoms with Crippen molar-refractivity contribution in [1.29, 1.82) is 5.26 Å².